The van der Waals surface area contributed by atoms with Crippen LogP contribution in [0.15, 0.2) is 42.5 Å². The number of aryl methyl sites for hydroxylation is 2. The van der Waals surface area contributed by atoms with Gasteiger partial charge in [-0.1, -0.05) is 49.7 Å². The van der Waals surface area contributed by atoms with Gasteiger partial charge in [-0.25, -0.2) is 0 Å². The Morgan fingerprint density at radius 3 is 2.58 bits per heavy atom. The predicted molar refractivity (Wildman–Crippen MR) is 79.9 cm³/mol. The molecule has 0 heterocycles. The number of hydrogen-bond acceptors (Lipinski definition) is 1. The molecule has 0 aromatic heterocycles. The van der Waals surface area contributed by atoms with Crippen molar-refractivity contribution >= 4 is 0 Å². The van der Waals surface area contributed by atoms with Gasteiger partial charge in [0.1, 0.15) is 0 Å². The molecule has 1 heteroatoms. The van der Waals surface area contributed by atoms with Crippen molar-refractivity contribution in [1.29, 1.82) is 5.26 Å². The van der Waals surface area contributed by atoms with Gasteiger partial charge >= 0.3 is 0 Å². The molecule has 0 aliphatic heterocycles. The summed E-state index contributed by atoms with van der Waals surface area (Å²) in [7, 11) is 0. The van der Waals surface area contributed by atoms with Crippen LogP contribution >= 0.6 is 0 Å². The molecule has 0 aliphatic rings. The standard InChI is InChI=1S/C18H19N/c1-3-4-9-15-11-7-8-14(2)18(15)17-12-6-5-10-16(17)13-19/h5-8,10-12H,3-4,9H2,1-2H3. The summed E-state index contributed by atoms with van der Waals surface area (Å²) in [4.78, 5) is 0. The normalized spacial score (nSPS) is 10.2. The van der Waals surface area contributed by atoms with E-state index in [4.69, 9.17) is 0 Å². The van der Waals surface area contributed by atoms with Crippen LogP contribution in [0.4, 0.5) is 0 Å². The Bertz CT molecular complexity index is 605. The highest BCUT2D eigenvalue weighted by Crippen LogP contribution is 2.31. The molecule has 0 radical (unpaired) electrons. The van der Waals surface area contributed by atoms with Gasteiger partial charge in [-0.3, -0.25) is 0 Å². The Labute approximate surface area is 115 Å². The highest BCUT2D eigenvalue weighted by molar-refractivity contribution is 5.76. The molecule has 2 rings (SSSR count). The topological polar surface area (TPSA) is 23.8 Å². The lowest BCUT2D eigenvalue weighted by Crippen LogP contribution is -1.95. The molecule has 96 valence electrons. The van der Waals surface area contributed by atoms with Crippen LogP contribution in [0.3, 0.4) is 0 Å². The van der Waals surface area contributed by atoms with Crippen LogP contribution in [0.5, 0.6) is 0 Å². The summed E-state index contributed by atoms with van der Waals surface area (Å²) in [6.45, 7) is 4.33. The fourth-order valence-corrected chi connectivity index (χ4v) is 2.49. The molecular formula is C18H19N. The number of hydrogen-bond donors (Lipinski definition) is 0. The van der Waals surface area contributed by atoms with E-state index >= 15 is 0 Å². The molecule has 0 aliphatic carbocycles. The molecular weight excluding hydrogens is 230 g/mol. The lowest BCUT2D eigenvalue weighted by molar-refractivity contribution is 0.795. The van der Waals surface area contributed by atoms with Crippen molar-refractivity contribution in [2.75, 3.05) is 0 Å². The monoisotopic (exact) mass is 249 g/mol. The van der Waals surface area contributed by atoms with Gasteiger partial charge in [0.05, 0.1) is 11.6 Å². The smallest absolute Gasteiger partial charge is 0.0998 e. The molecule has 0 bridgehead atoms. The second-order valence-electron chi connectivity index (χ2n) is 4.87. The first-order valence-electron chi connectivity index (χ1n) is 6.86. The van der Waals surface area contributed by atoms with Crippen molar-refractivity contribution in [3.63, 3.8) is 0 Å². The minimum Gasteiger partial charge on any atom is -0.192 e. The SMILES string of the molecule is CCCCc1cccc(C)c1-c1ccccc1C#N. The molecule has 1 nitrogen and oxygen atoms in total. The molecule has 2 aromatic carbocycles. The number of unbranched alkanes of at least 4 members (excludes halogenated alkanes) is 1. The molecule has 0 saturated carbocycles. The van der Waals surface area contributed by atoms with Crippen LogP contribution in [-0.4, -0.2) is 0 Å². The summed E-state index contributed by atoms with van der Waals surface area (Å²) in [5, 5.41) is 9.29. The average Bonchev–Trinajstić information content (AvgIpc) is 2.45. The summed E-state index contributed by atoms with van der Waals surface area (Å²) in [5.41, 5.74) is 5.66. The zero-order valence-corrected chi connectivity index (χ0v) is 11.6. The minimum absolute atomic E-state index is 0.759. The molecule has 0 saturated heterocycles. The molecule has 0 fully saturated rings. The number of rotatable bonds is 4. The van der Waals surface area contributed by atoms with E-state index in [1.807, 2.05) is 18.2 Å². The van der Waals surface area contributed by atoms with E-state index < -0.39 is 0 Å². The first-order valence-corrected chi connectivity index (χ1v) is 6.86. The summed E-state index contributed by atoms with van der Waals surface area (Å²) in [6, 6.07) is 16.6. The lowest BCUT2D eigenvalue weighted by Gasteiger charge is -2.14. The molecule has 0 spiro atoms. The number of nitriles is 1. The third-order valence-electron chi connectivity index (χ3n) is 3.48. The zero-order chi connectivity index (χ0) is 13.7. The molecule has 0 N–H and O–H groups in total. The maximum absolute atomic E-state index is 9.29. The summed E-state index contributed by atoms with van der Waals surface area (Å²) in [6.07, 6.45) is 3.45. The maximum Gasteiger partial charge on any atom is 0.0998 e. The fraction of sp³-hybridized carbons (Fsp3) is 0.278. The van der Waals surface area contributed by atoms with Gasteiger partial charge in [-0.05, 0) is 48.1 Å². The van der Waals surface area contributed by atoms with Crippen molar-refractivity contribution in [2.24, 2.45) is 0 Å². The van der Waals surface area contributed by atoms with Gasteiger partial charge in [-0.15, -0.1) is 0 Å². The Morgan fingerprint density at radius 1 is 1.05 bits per heavy atom. The lowest BCUT2D eigenvalue weighted by atomic mass is 9.90. The van der Waals surface area contributed by atoms with Crippen molar-refractivity contribution < 1.29 is 0 Å². The van der Waals surface area contributed by atoms with E-state index in [9.17, 15) is 5.26 Å². The van der Waals surface area contributed by atoms with Crippen molar-refractivity contribution in [3.8, 4) is 17.2 Å². The average molecular weight is 249 g/mol. The van der Waals surface area contributed by atoms with Crippen LogP contribution < -0.4 is 0 Å². The van der Waals surface area contributed by atoms with Gasteiger partial charge in [0, 0.05) is 0 Å². The van der Waals surface area contributed by atoms with E-state index in [-0.39, 0.29) is 0 Å². The Kier molecular flexibility index (Phi) is 4.36. The number of nitrogens with zero attached hydrogens (tertiary/aromatic N) is 1. The van der Waals surface area contributed by atoms with Crippen LogP contribution in [0, 0.1) is 18.3 Å². The number of benzene rings is 2. The molecule has 0 atom stereocenters. The van der Waals surface area contributed by atoms with Gasteiger partial charge in [0.2, 0.25) is 0 Å². The third-order valence-corrected chi connectivity index (χ3v) is 3.48. The first-order chi connectivity index (χ1) is 9.27. The minimum atomic E-state index is 0.759. The second-order valence-corrected chi connectivity index (χ2v) is 4.87. The Balaban J connectivity index is 2.57. The van der Waals surface area contributed by atoms with Crippen LogP contribution in [0.1, 0.15) is 36.5 Å². The first kappa shape index (κ1) is 13.4. The van der Waals surface area contributed by atoms with Crippen LogP contribution in [-0.2, 0) is 6.42 Å². The summed E-state index contributed by atoms with van der Waals surface area (Å²) < 4.78 is 0. The maximum atomic E-state index is 9.29. The highest BCUT2D eigenvalue weighted by Gasteiger charge is 2.11. The van der Waals surface area contributed by atoms with Gasteiger partial charge in [-0.2, -0.15) is 5.26 Å². The Hall–Kier alpha value is -2.07. The third kappa shape index (κ3) is 2.85. The molecule has 19 heavy (non-hydrogen) atoms. The molecule has 0 unspecified atom stereocenters. The highest BCUT2D eigenvalue weighted by atomic mass is 14.3. The van der Waals surface area contributed by atoms with Crippen molar-refractivity contribution in [1.82, 2.24) is 0 Å². The predicted octanol–water partition coefficient (Wildman–Crippen LogP) is 4.88. The van der Waals surface area contributed by atoms with E-state index in [1.54, 1.807) is 0 Å². The van der Waals surface area contributed by atoms with Gasteiger partial charge < -0.3 is 0 Å². The molecule has 0 amide bonds. The van der Waals surface area contributed by atoms with Crippen LogP contribution in [0.2, 0.25) is 0 Å². The molecule has 2 aromatic rings. The van der Waals surface area contributed by atoms with E-state index in [1.165, 1.54) is 29.5 Å². The van der Waals surface area contributed by atoms with Crippen molar-refractivity contribution in [2.45, 2.75) is 33.1 Å². The van der Waals surface area contributed by atoms with Gasteiger partial charge in [0.25, 0.3) is 0 Å². The summed E-state index contributed by atoms with van der Waals surface area (Å²) in [5.74, 6) is 0. The zero-order valence-electron chi connectivity index (χ0n) is 11.6. The van der Waals surface area contributed by atoms with E-state index in [0.29, 0.717) is 0 Å². The second kappa shape index (κ2) is 6.20. The van der Waals surface area contributed by atoms with E-state index in [2.05, 4.69) is 44.2 Å². The van der Waals surface area contributed by atoms with E-state index in [0.717, 1.165) is 17.5 Å². The van der Waals surface area contributed by atoms with Gasteiger partial charge in [0.15, 0.2) is 0 Å². The van der Waals surface area contributed by atoms with Crippen molar-refractivity contribution in [3.05, 3.63) is 59.2 Å². The van der Waals surface area contributed by atoms with Crippen LogP contribution in [0.25, 0.3) is 11.1 Å². The summed E-state index contributed by atoms with van der Waals surface area (Å²) >= 11 is 0. The fourth-order valence-electron chi connectivity index (χ4n) is 2.49. The largest absolute Gasteiger partial charge is 0.192 e. The quantitative estimate of drug-likeness (QED) is 0.757. The Morgan fingerprint density at radius 2 is 1.84 bits per heavy atom.